The number of allylic oxidation sites excluding steroid dienone is 1. The van der Waals surface area contributed by atoms with E-state index in [4.69, 9.17) is 0 Å². The molecule has 0 amide bonds. The number of nitrogens with zero attached hydrogens (tertiary/aromatic N) is 1. The van der Waals surface area contributed by atoms with Gasteiger partial charge in [0.05, 0.1) is 0 Å². The first-order valence-electron chi connectivity index (χ1n) is 2.72. The molecule has 0 radical (unpaired) electrons. The van der Waals surface area contributed by atoms with Crippen LogP contribution < -0.4 is 0 Å². The zero-order valence-electron chi connectivity index (χ0n) is 6.23. The molecule has 0 aliphatic carbocycles. The molecule has 0 N–H and O–H groups in total. The third-order valence-corrected chi connectivity index (χ3v) is 0.656. The highest BCUT2D eigenvalue weighted by Gasteiger charge is 1.98. The Kier molecular flexibility index (Phi) is 3.24. The second kappa shape index (κ2) is 3.45. The minimum atomic E-state index is -0.528. The van der Waals surface area contributed by atoms with Crippen LogP contribution in [-0.4, -0.2) is 19.2 Å². The lowest BCUT2D eigenvalue weighted by Gasteiger charge is -2.09. The summed E-state index contributed by atoms with van der Waals surface area (Å²) in [6.07, 6.45) is 0. The van der Waals surface area contributed by atoms with E-state index in [1.165, 1.54) is 5.06 Å². The maximum atomic E-state index is 12.4. The van der Waals surface area contributed by atoms with E-state index in [0.29, 0.717) is 5.57 Å². The molecule has 0 aromatic carbocycles. The summed E-state index contributed by atoms with van der Waals surface area (Å²) in [5.41, 5.74) is 0.545. The molecule has 0 aliphatic heterocycles. The van der Waals surface area contributed by atoms with Crippen molar-refractivity contribution in [3.63, 3.8) is 0 Å². The highest BCUT2D eigenvalue weighted by atomic mass is 19.1. The fraction of sp³-hybridized carbons (Fsp3) is 0.667. The lowest BCUT2D eigenvalue weighted by atomic mass is 10.4. The van der Waals surface area contributed by atoms with Crippen molar-refractivity contribution in [2.45, 2.75) is 13.8 Å². The van der Waals surface area contributed by atoms with Crippen molar-refractivity contribution >= 4 is 0 Å². The van der Waals surface area contributed by atoms with Gasteiger partial charge in [-0.3, -0.25) is 0 Å². The Morgan fingerprint density at radius 1 is 1.33 bits per heavy atom. The van der Waals surface area contributed by atoms with E-state index >= 15 is 0 Å². The largest absolute Gasteiger partial charge is 0.376 e. The monoisotopic (exact) mass is 133 g/mol. The zero-order valence-corrected chi connectivity index (χ0v) is 6.23. The molecule has 0 fully saturated rings. The lowest BCUT2D eigenvalue weighted by Crippen LogP contribution is -2.10. The van der Waals surface area contributed by atoms with Crippen LogP contribution in [-0.2, 0) is 4.84 Å². The van der Waals surface area contributed by atoms with Crippen molar-refractivity contribution in [3.05, 3.63) is 11.6 Å². The number of hydroxylamine groups is 2. The van der Waals surface area contributed by atoms with Crippen LogP contribution in [0.1, 0.15) is 13.8 Å². The second-order valence-electron chi connectivity index (χ2n) is 2.18. The molecule has 0 atom stereocenters. The van der Waals surface area contributed by atoms with E-state index in [-0.39, 0.29) is 0 Å². The topological polar surface area (TPSA) is 12.5 Å². The molecule has 0 saturated carbocycles. The maximum Gasteiger partial charge on any atom is 0.292 e. The van der Waals surface area contributed by atoms with Crippen molar-refractivity contribution in [2.75, 3.05) is 14.1 Å². The van der Waals surface area contributed by atoms with E-state index in [0.717, 1.165) is 0 Å². The summed E-state index contributed by atoms with van der Waals surface area (Å²) in [6.45, 7) is 3.30. The summed E-state index contributed by atoms with van der Waals surface area (Å²) in [4.78, 5) is 4.56. The minimum Gasteiger partial charge on any atom is -0.376 e. The van der Waals surface area contributed by atoms with E-state index in [9.17, 15) is 4.39 Å². The van der Waals surface area contributed by atoms with Gasteiger partial charge in [-0.1, -0.05) is 0 Å². The molecule has 0 saturated heterocycles. The fourth-order valence-electron chi connectivity index (χ4n) is 0.252. The van der Waals surface area contributed by atoms with Gasteiger partial charge >= 0.3 is 0 Å². The van der Waals surface area contributed by atoms with E-state index < -0.39 is 6.01 Å². The van der Waals surface area contributed by atoms with Gasteiger partial charge in [-0.05, 0) is 19.4 Å². The summed E-state index contributed by atoms with van der Waals surface area (Å²) in [5.74, 6) is 0. The molecule has 2 nitrogen and oxygen atoms in total. The van der Waals surface area contributed by atoms with Crippen LogP contribution in [0.5, 0.6) is 0 Å². The van der Waals surface area contributed by atoms with Crippen LogP contribution in [0.15, 0.2) is 11.6 Å². The van der Waals surface area contributed by atoms with Crippen LogP contribution in [0.4, 0.5) is 4.39 Å². The van der Waals surface area contributed by atoms with E-state index in [1.54, 1.807) is 27.9 Å². The predicted molar refractivity (Wildman–Crippen MR) is 34.3 cm³/mol. The molecule has 0 unspecified atom stereocenters. The average molecular weight is 133 g/mol. The molecule has 0 spiro atoms. The smallest absolute Gasteiger partial charge is 0.292 e. The molecule has 0 heterocycles. The first kappa shape index (κ1) is 8.43. The molecular formula is C6H12FNO. The molecule has 0 aliphatic rings. The first-order chi connectivity index (χ1) is 4.04. The van der Waals surface area contributed by atoms with Crippen LogP contribution in [0, 0.1) is 0 Å². The molecule has 0 bridgehead atoms. The Morgan fingerprint density at radius 3 is 1.89 bits per heavy atom. The van der Waals surface area contributed by atoms with Crippen molar-refractivity contribution in [2.24, 2.45) is 0 Å². The van der Waals surface area contributed by atoms with Gasteiger partial charge in [-0.25, -0.2) is 0 Å². The summed E-state index contributed by atoms with van der Waals surface area (Å²) >= 11 is 0. The van der Waals surface area contributed by atoms with Gasteiger partial charge in [0.1, 0.15) is 0 Å². The highest BCUT2D eigenvalue weighted by molar-refractivity contribution is 4.93. The first-order valence-corrected chi connectivity index (χ1v) is 2.72. The van der Waals surface area contributed by atoms with Gasteiger partial charge in [0.2, 0.25) is 0 Å². The van der Waals surface area contributed by atoms with Gasteiger partial charge in [-0.2, -0.15) is 4.39 Å². The minimum absolute atomic E-state index is 0.528. The lowest BCUT2D eigenvalue weighted by molar-refractivity contribution is -0.102. The van der Waals surface area contributed by atoms with Gasteiger partial charge < -0.3 is 4.84 Å². The van der Waals surface area contributed by atoms with Crippen LogP contribution in [0.25, 0.3) is 0 Å². The number of rotatable bonds is 2. The Morgan fingerprint density at radius 2 is 1.78 bits per heavy atom. The number of halogens is 1. The standard InChI is InChI=1S/C6H12FNO/c1-5(2)6(7)9-8(3)4/h1-4H3. The normalized spacial score (nSPS) is 9.56. The van der Waals surface area contributed by atoms with E-state index in [1.807, 2.05) is 0 Å². The van der Waals surface area contributed by atoms with Crippen molar-refractivity contribution in [3.8, 4) is 0 Å². The number of hydrogen-bond donors (Lipinski definition) is 0. The molecule has 54 valence electrons. The van der Waals surface area contributed by atoms with Gasteiger partial charge in [0.15, 0.2) is 0 Å². The quantitative estimate of drug-likeness (QED) is 0.420. The van der Waals surface area contributed by atoms with Gasteiger partial charge in [0, 0.05) is 14.1 Å². The van der Waals surface area contributed by atoms with Gasteiger partial charge in [0.25, 0.3) is 6.01 Å². The summed E-state index contributed by atoms with van der Waals surface area (Å²) < 4.78 is 12.4. The third-order valence-electron chi connectivity index (χ3n) is 0.656. The molecular weight excluding hydrogens is 121 g/mol. The van der Waals surface area contributed by atoms with Crippen LogP contribution in [0.3, 0.4) is 0 Å². The Bertz CT molecular complexity index is 116. The van der Waals surface area contributed by atoms with Gasteiger partial charge in [-0.15, -0.1) is 5.06 Å². The maximum absolute atomic E-state index is 12.4. The summed E-state index contributed by atoms with van der Waals surface area (Å²) in [7, 11) is 3.26. The van der Waals surface area contributed by atoms with Crippen LogP contribution >= 0.6 is 0 Å². The van der Waals surface area contributed by atoms with Crippen molar-refractivity contribution < 1.29 is 9.23 Å². The molecule has 3 heteroatoms. The summed E-state index contributed by atoms with van der Waals surface area (Å²) in [6, 6.07) is -0.528. The molecule has 9 heavy (non-hydrogen) atoms. The van der Waals surface area contributed by atoms with E-state index in [2.05, 4.69) is 4.84 Å². The highest BCUT2D eigenvalue weighted by Crippen LogP contribution is 2.06. The predicted octanol–water partition coefficient (Wildman–Crippen LogP) is 1.70. The Hall–Kier alpha value is -0.570. The van der Waals surface area contributed by atoms with Crippen molar-refractivity contribution in [1.82, 2.24) is 5.06 Å². The SMILES string of the molecule is CC(C)=C(F)ON(C)C. The average Bonchev–Trinajstić information content (AvgIpc) is 1.63. The molecule has 0 aromatic rings. The zero-order chi connectivity index (χ0) is 7.44. The second-order valence-corrected chi connectivity index (χ2v) is 2.18. The molecule has 0 rings (SSSR count). The van der Waals surface area contributed by atoms with Crippen LogP contribution in [0.2, 0.25) is 0 Å². The van der Waals surface area contributed by atoms with Crippen molar-refractivity contribution in [1.29, 1.82) is 0 Å². The Labute approximate surface area is 54.9 Å². The third kappa shape index (κ3) is 3.97. The fourth-order valence-corrected chi connectivity index (χ4v) is 0.252. The Balaban J connectivity index is 3.77. The number of hydrogen-bond acceptors (Lipinski definition) is 2. The molecule has 0 aromatic heterocycles. The summed E-state index contributed by atoms with van der Waals surface area (Å²) in [5, 5.41) is 1.31.